The fourth-order valence-corrected chi connectivity index (χ4v) is 6.67. The molecule has 0 spiro atoms. The molecule has 8 nitrogen and oxygen atoms in total. The summed E-state index contributed by atoms with van der Waals surface area (Å²) < 4.78 is 0. The molecule has 43 heavy (non-hydrogen) atoms. The highest BCUT2D eigenvalue weighted by Crippen LogP contribution is 2.29. The standard InChI is InChI=1S/C35H42N4O4/c36-32(40)23-29(20-24-10-3-1-4-11-24)37-34(42)31-16-9-19-39(31)35(43)30(21-25-12-5-2-6-13-25)38-33(41)28-18-17-26-14-7-8-15-27(26)22-28/h1,3-4,7-8,10-11,14-15,17-18,22,25,29-31H,2,5-6,9,12-13,16,19-21,23H2,(H2,36,40)(H,37,42)(H,38,41)/t29?,30-,31+/m1/s1. The molecule has 8 heteroatoms. The van der Waals surface area contributed by atoms with Crippen molar-refractivity contribution in [3.63, 3.8) is 0 Å². The number of primary amides is 1. The Hall–Kier alpha value is -4.20. The highest BCUT2D eigenvalue weighted by atomic mass is 16.2. The van der Waals surface area contributed by atoms with Gasteiger partial charge in [0.15, 0.2) is 0 Å². The van der Waals surface area contributed by atoms with Gasteiger partial charge in [-0.15, -0.1) is 0 Å². The first-order valence-corrected chi connectivity index (χ1v) is 15.6. The maximum absolute atomic E-state index is 14.1. The Kier molecular flexibility index (Phi) is 10.1. The molecule has 1 unspecified atom stereocenters. The van der Waals surface area contributed by atoms with E-state index in [0.29, 0.717) is 43.7 Å². The van der Waals surface area contributed by atoms with E-state index < -0.39 is 24.0 Å². The van der Waals surface area contributed by atoms with Crippen LogP contribution in [-0.2, 0) is 20.8 Å². The van der Waals surface area contributed by atoms with Crippen LogP contribution in [-0.4, -0.2) is 53.2 Å². The average Bonchev–Trinajstić information content (AvgIpc) is 3.51. The van der Waals surface area contributed by atoms with Crippen LogP contribution in [0.1, 0.15) is 73.7 Å². The number of carbonyl (C=O) groups excluding carboxylic acids is 4. The van der Waals surface area contributed by atoms with Gasteiger partial charge >= 0.3 is 0 Å². The molecule has 1 aliphatic heterocycles. The molecule has 2 aliphatic rings. The van der Waals surface area contributed by atoms with Gasteiger partial charge in [-0.2, -0.15) is 0 Å². The number of likely N-dealkylation sites (tertiary alicyclic amines) is 1. The maximum atomic E-state index is 14.1. The van der Waals surface area contributed by atoms with Crippen LogP contribution in [0.5, 0.6) is 0 Å². The van der Waals surface area contributed by atoms with E-state index in [4.69, 9.17) is 5.73 Å². The Morgan fingerprint density at radius 1 is 0.814 bits per heavy atom. The minimum Gasteiger partial charge on any atom is -0.370 e. The summed E-state index contributed by atoms with van der Waals surface area (Å²) in [6.45, 7) is 0.448. The first kappa shape index (κ1) is 30.3. The van der Waals surface area contributed by atoms with Crippen LogP contribution >= 0.6 is 0 Å². The summed E-state index contributed by atoms with van der Waals surface area (Å²) in [6.07, 6.45) is 7.77. The minimum atomic E-state index is -0.721. The van der Waals surface area contributed by atoms with Gasteiger partial charge in [-0.3, -0.25) is 19.2 Å². The molecule has 1 saturated heterocycles. The normalized spacial score (nSPS) is 18.6. The van der Waals surface area contributed by atoms with Crippen LogP contribution in [0.3, 0.4) is 0 Å². The number of benzene rings is 3. The zero-order valence-electron chi connectivity index (χ0n) is 24.7. The van der Waals surface area contributed by atoms with Crippen molar-refractivity contribution >= 4 is 34.4 Å². The maximum Gasteiger partial charge on any atom is 0.251 e. The van der Waals surface area contributed by atoms with E-state index in [0.717, 1.165) is 42.0 Å². The lowest BCUT2D eigenvalue weighted by molar-refractivity contribution is -0.140. The van der Waals surface area contributed by atoms with Crippen molar-refractivity contribution in [2.75, 3.05) is 6.54 Å². The van der Waals surface area contributed by atoms with Crippen molar-refractivity contribution in [3.8, 4) is 0 Å². The lowest BCUT2D eigenvalue weighted by Gasteiger charge is -2.32. The molecule has 1 aliphatic carbocycles. The molecule has 226 valence electrons. The summed E-state index contributed by atoms with van der Waals surface area (Å²) in [6, 6.07) is 21.2. The highest BCUT2D eigenvalue weighted by molar-refractivity contribution is 6.01. The number of nitrogens with zero attached hydrogens (tertiary/aromatic N) is 1. The molecule has 3 aromatic carbocycles. The number of amides is 4. The summed E-state index contributed by atoms with van der Waals surface area (Å²) in [5, 5.41) is 8.07. The smallest absolute Gasteiger partial charge is 0.251 e. The molecule has 3 atom stereocenters. The summed E-state index contributed by atoms with van der Waals surface area (Å²) >= 11 is 0. The summed E-state index contributed by atoms with van der Waals surface area (Å²) in [5.41, 5.74) is 7.00. The van der Waals surface area contributed by atoms with Gasteiger partial charge in [0.1, 0.15) is 12.1 Å². The molecular formula is C35H42N4O4. The number of carbonyl (C=O) groups is 4. The Labute approximate surface area is 253 Å². The number of hydrogen-bond acceptors (Lipinski definition) is 4. The van der Waals surface area contributed by atoms with Gasteiger partial charge in [-0.25, -0.2) is 0 Å². The average molecular weight is 583 g/mol. The Morgan fingerprint density at radius 3 is 2.28 bits per heavy atom. The lowest BCUT2D eigenvalue weighted by atomic mass is 9.84. The third-order valence-corrected chi connectivity index (χ3v) is 8.87. The monoisotopic (exact) mass is 582 g/mol. The third kappa shape index (κ3) is 8.00. The van der Waals surface area contributed by atoms with Gasteiger partial charge < -0.3 is 21.3 Å². The zero-order valence-corrected chi connectivity index (χ0v) is 24.7. The minimum absolute atomic E-state index is 0.00736. The molecule has 5 rings (SSSR count). The molecule has 0 bridgehead atoms. The van der Waals surface area contributed by atoms with Gasteiger partial charge in [0.2, 0.25) is 17.7 Å². The molecule has 2 fully saturated rings. The van der Waals surface area contributed by atoms with Crippen LogP contribution in [0.2, 0.25) is 0 Å². The largest absolute Gasteiger partial charge is 0.370 e. The van der Waals surface area contributed by atoms with E-state index in [-0.39, 0.29) is 24.1 Å². The fourth-order valence-electron chi connectivity index (χ4n) is 6.67. The zero-order chi connectivity index (χ0) is 30.2. The van der Waals surface area contributed by atoms with Crippen LogP contribution in [0.25, 0.3) is 10.8 Å². The number of nitrogens with one attached hydrogen (secondary N) is 2. The van der Waals surface area contributed by atoms with Gasteiger partial charge in [-0.05, 0) is 60.1 Å². The van der Waals surface area contributed by atoms with Crippen molar-refractivity contribution in [3.05, 3.63) is 83.9 Å². The van der Waals surface area contributed by atoms with Gasteiger partial charge in [0.25, 0.3) is 5.91 Å². The predicted octanol–water partition coefficient (Wildman–Crippen LogP) is 4.50. The summed E-state index contributed by atoms with van der Waals surface area (Å²) in [7, 11) is 0. The van der Waals surface area contributed by atoms with Crippen LogP contribution in [0, 0.1) is 5.92 Å². The van der Waals surface area contributed by atoms with Crippen LogP contribution < -0.4 is 16.4 Å². The molecule has 1 heterocycles. The third-order valence-electron chi connectivity index (χ3n) is 8.87. The number of nitrogens with two attached hydrogens (primary N) is 1. The summed E-state index contributed by atoms with van der Waals surface area (Å²) in [5.74, 6) is -0.938. The van der Waals surface area contributed by atoms with Crippen LogP contribution in [0.15, 0.2) is 72.8 Å². The lowest BCUT2D eigenvalue weighted by Crippen LogP contribution is -2.55. The number of rotatable bonds is 11. The first-order chi connectivity index (χ1) is 20.9. The molecule has 0 radical (unpaired) electrons. The first-order valence-electron chi connectivity index (χ1n) is 15.6. The van der Waals surface area contributed by atoms with Gasteiger partial charge in [0.05, 0.1) is 0 Å². The second-order valence-corrected chi connectivity index (χ2v) is 12.1. The highest BCUT2D eigenvalue weighted by Gasteiger charge is 2.39. The second-order valence-electron chi connectivity index (χ2n) is 12.1. The Bertz CT molecular complexity index is 1440. The topological polar surface area (TPSA) is 122 Å². The second kappa shape index (κ2) is 14.3. The van der Waals surface area contributed by atoms with Crippen molar-refractivity contribution in [1.29, 1.82) is 0 Å². The molecule has 4 N–H and O–H groups in total. The molecule has 1 saturated carbocycles. The Balaban J connectivity index is 1.31. The van der Waals surface area contributed by atoms with Crippen molar-refractivity contribution in [2.24, 2.45) is 11.7 Å². The predicted molar refractivity (Wildman–Crippen MR) is 167 cm³/mol. The summed E-state index contributed by atoms with van der Waals surface area (Å²) in [4.78, 5) is 54.6. The van der Waals surface area contributed by atoms with Crippen LogP contribution in [0.4, 0.5) is 0 Å². The Morgan fingerprint density at radius 2 is 1.53 bits per heavy atom. The fraction of sp³-hybridized carbons (Fsp3) is 0.429. The van der Waals surface area contributed by atoms with Crippen molar-refractivity contribution < 1.29 is 19.2 Å². The SMILES string of the molecule is NC(=O)CC(Cc1ccccc1)NC(=O)[C@@H]1CCCN1C(=O)[C@@H](CC1CCCCC1)NC(=O)c1ccc2ccccc2c1. The molecule has 0 aromatic heterocycles. The van der Waals surface area contributed by atoms with Gasteiger partial charge in [0, 0.05) is 24.6 Å². The van der Waals surface area contributed by atoms with E-state index in [1.54, 1.807) is 11.0 Å². The number of fused-ring (bicyclic) bond motifs is 1. The van der Waals surface area contributed by atoms with E-state index in [2.05, 4.69) is 10.6 Å². The van der Waals surface area contributed by atoms with E-state index >= 15 is 0 Å². The quantitative estimate of drug-likeness (QED) is 0.308. The number of hydrogen-bond donors (Lipinski definition) is 3. The van der Waals surface area contributed by atoms with E-state index in [1.165, 1.54) is 6.42 Å². The molecular weight excluding hydrogens is 540 g/mol. The van der Waals surface area contributed by atoms with Crippen molar-refractivity contribution in [2.45, 2.75) is 82.3 Å². The van der Waals surface area contributed by atoms with E-state index in [9.17, 15) is 19.2 Å². The van der Waals surface area contributed by atoms with Gasteiger partial charge in [-0.1, -0.05) is 92.8 Å². The van der Waals surface area contributed by atoms with E-state index in [1.807, 2.05) is 66.7 Å². The molecule has 4 amide bonds. The molecule has 3 aromatic rings. The van der Waals surface area contributed by atoms with Crippen molar-refractivity contribution in [1.82, 2.24) is 15.5 Å².